The van der Waals surface area contributed by atoms with Gasteiger partial charge in [0.05, 0.1) is 0 Å². The smallest absolute Gasteiger partial charge is 0.257 e. The summed E-state index contributed by atoms with van der Waals surface area (Å²) in [4.78, 5) is 0. The lowest BCUT2D eigenvalue weighted by molar-refractivity contribution is 0.699. The molecule has 0 saturated carbocycles. The van der Waals surface area contributed by atoms with Crippen molar-refractivity contribution in [2.24, 2.45) is 0 Å². The van der Waals surface area contributed by atoms with Crippen molar-refractivity contribution in [1.29, 1.82) is 5.41 Å². The third-order valence-electron chi connectivity index (χ3n) is 0.706. The van der Waals surface area contributed by atoms with Crippen LogP contribution in [0.1, 0.15) is 0 Å². The maximum absolute atomic E-state index is 11.8. The molecule has 0 aliphatic rings. The first-order valence-corrected chi connectivity index (χ1v) is 2.05. The summed E-state index contributed by atoms with van der Waals surface area (Å²) in [6, 6.07) is 1.55. The maximum Gasteiger partial charge on any atom is 0.302 e. The Morgan fingerprint density at radius 3 is 2.75 bits per heavy atom. The van der Waals surface area contributed by atoms with E-state index in [1.165, 1.54) is 12.4 Å². The molecule has 0 fully saturated rings. The number of rotatable bonds is 0. The van der Waals surface area contributed by atoms with Crippen LogP contribution in [0.3, 0.4) is 0 Å². The van der Waals surface area contributed by atoms with Gasteiger partial charge in [-0.1, -0.05) is 0 Å². The highest BCUT2D eigenvalue weighted by molar-refractivity contribution is 5.69. The van der Waals surface area contributed by atoms with Crippen molar-refractivity contribution in [3.05, 3.63) is 18.5 Å². The largest absolute Gasteiger partial charge is 0.302 e. The molecule has 0 spiro atoms. The fraction of sp³-hybridized carbons (Fsp3) is 0. The normalized spacial score (nSPS) is 9.12. The van der Waals surface area contributed by atoms with Gasteiger partial charge in [-0.2, -0.15) is 14.2 Å². The Hall–Kier alpha value is -1.19. The van der Waals surface area contributed by atoms with Crippen LogP contribution in [0.5, 0.6) is 0 Å². The summed E-state index contributed by atoms with van der Waals surface area (Å²) in [6.07, 6.45) is 1.71. The summed E-state index contributed by atoms with van der Waals surface area (Å²) >= 11 is 0. The van der Waals surface area contributed by atoms with Crippen LogP contribution < -0.4 is 0 Å². The number of hydrogen-bond donors (Lipinski definition) is 1. The van der Waals surface area contributed by atoms with Crippen LogP contribution in [0.15, 0.2) is 18.5 Å². The van der Waals surface area contributed by atoms with Gasteiger partial charge in [0.1, 0.15) is 0 Å². The zero-order valence-electron chi connectivity index (χ0n) is 4.00. The molecule has 1 aromatic rings. The number of nitrogens with one attached hydrogen (secondary N) is 1. The fourth-order valence-corrected chi connectivity index (χ4v) is 0.385. The van der Waals surface area contributed by atoms with Crippen LogP contribution in [-0.2, 0) is 0 Å². The number of aromatic nitrogens is 2. The lowest BCUT2D eigenvalue weighted by Crippen LogP contribution is -2.02. The average Bonchev–Trinajstić information content (AvgIpc) is 2.12. The van der Waals surface area contributed by atoms with E-state index in [-0.39, 0.29) is 0 Å². The van der Waals surface area contributed by atoms with Gasteiger partial charge < -0.3 is 0 Å². The van der Waals surface area contributed by atoms with E-state index in [1.807, 2.05) is 0 Å². The van der Waals surface area contributed by atoms with Crippen molar-refractivity contribution in [3.63, 3.8) is 0 Å². The molecule has 0 unspecified atom stereocenters. The van der Waals surface area contributed by atoms with Crippen molar-refractivity contribution >= 4 is 6.09 Å². The van der Waals surface area contributed by atoms with Crippen LogP contribution >= 0.6 is 0 Å². The molecule has 1 aromatic heterocycles. The highest BCUT2D eigenvalue weighted by atomic mass is 19.1. The highest BCUT2D eigenvalue weighted by Gasteiger charge is 1.91. The molecule has 0 aliphatic heterocycles. The van der Waals surface area contributed by atoms with Gasteiger partial charge in [-0.05, 0) is 6.07 Å². The molecular formula is C4H4FN3. The Morgan fingerprint density at radius 2 is 2.50 bits per heavy atom. The van der Waals surface area contributed by atoms with Crippen LogP contribution in [-0.4, -0.2) is 15.9 Å². The summed E-state index contributed by atoms with van der Waals surface area (Å²) < 4.78 is 12.6. The monoisotopic (exact) mass is 113 g/mol. The second kappa shape index (κ2) is 1.73. The Bertz CT molecular complexity index is 179. The molecule has 0 bridgehead atoms. The number of nitrogens with zero attached hydrogens (tertiary/aromatic N) is 2. The second-order valence-corrected chi connectivity index (χ2v) is 1.24. The maximum atomic E-state index is 11.8. The Morgan fingerprint density at radius 1 is 1.75 bits per heavy atom. The minimum Gasteiger partial charge on any atom is -0.257 e. The summed E-state index contributed by atoms with van der Waals surface area (Å²) in [6.45, 7) is 0. The molecule has 1 N–H and O–H groups in total. The van der Waals surface area contributed by atoms with Crippen molar-refractivity contribution in [2.75, 3.05) is 0 Å². The lowest BCUT2D eigenvalue weighted by Gasteiger charge is -1.86. The fourth-order valence-electron chi connectivity index (χ4n) is 0.385. The van der Waals surface area contributed by atoms with Crippen LogP contribution in [0.2, 0.25) is 0 Å². The van der Waals surface area contributed by atoms with Gasteiger partial charge in [0.25, 0.3) is 0 Å². The topological polar surface area (TPSA) is 41.7 Å². The van der Waals surface area contributed by atoms with Crippen LogP contribution in [0.25, 0.3) is 0 Å². The third-order valence-corrected chi connectivity index (χ3v) is 0.706. The Labute approximate surface area is 45.3 Å². The van der Waals surface area contributed by atoms with Gasteiger partial charge in [0.15, 0.2) is 0 Å². The van der Waals surface area contributed by atoms with Crippen molar-refractivity contribution in [1.82, 2.24) is 9.78 Å². The van der Waals surface area contributed by atoms with Gasteiger partial charge in [-0.25, -0.2) is 0 Å². The van der Waals surface area contributed by atoms with E-state index in [0.717, 1.165) is 4.68 Å². The molecule has 4 heteroatoms. The number of hydrogen-bond acceptors (Lipinski definition) is 2. The highest BCUT2D eigenvalue weighted by Crippen LogP contribution is 1.83. The first kappa shape index (κ1) is 4.96. The molecule has 1 heterocycles. The Kier molecular flexibility index (Phi) is 1.07. The molecule has 0 radical (unpaired) electrons. The van der Waals surface area contributed by atoms with Crippen LogP contribution in [0.4, 0.5) is 4.39 Å². The molecule has 0 atom stereocenters. The zero-order valence-corrected chi connectivity index (χ0v) is 4.00. The third kappa shape index (κ3) is 0.726. The van der Waals surface area contributed by atoms with Crippen molar-refractivity contribution in [3.8, 4) is 0 Å². The minimum absolute atomic E-state index is 0.833. The standard InChI is InChI=1S/C4H4FN3/c5-4(6)8-3-1-2-7-8/h1-3,6H. The summed E-state index contributed by atoms with van der Waals surface area (Å²) in [7, 11) is 0. The average molecular weight is 113 g/mol. The van der Waals surface area contributed by atoms with Gasteiger partial charge in [-0.15, -0.1) is 0 Å². The molecule has 8 heavy (non-hydrogen) atoms. The van der Waals surface area contributed by atoms with Gasteiger partial charge in [0, 0.05) is 12.4 Å². The SMILES string of the molecule is N=C(F)n1cccn1. The zero-order chi connectivity index (χ0) is 5.98. The van der Waals surface area contributed by atoms with Crippen LogP contribution in [0, 0.1) is 5.41 Å². The lowest BCUT2D eigenvalue weighted by atomic mass is 10.8. The molecule has 0 saturated heterocycles. The minimum atomic E-state index is -1.06. The number of halogens is 1. The van der Waals surface area contributed by atoms with E-state index < -0.39 is 6.09 Å². The summed E-state index contributed by atoms with van der Waals surface area (Å²) in [5.41, 5.74) is 0. The van der Waals surface area contributed by atoms with Crippen molar-refractivity contribution < 1.29 is 4.39 Å². The molecule has 3 nitrogen and oxygen atoms in total. The first-order valence-electron chi connectivity index (χ1n) is 2.05. The predicted octanol–water partition coefficient (Wildman–Crippen LogP) is 0.635. The van der Waals surface area contributed by atoms with E-state index in [1.54, 1.807) is 6.07 Å². The van der Waals surface area contributed by atoms with Crippen molar-refractivity contribution in [2.45, 2.75) is 0 Å². The molecule has 0 aromatic carbocycles. The van der Waals surface area contributed by atoms with E-state index in [0.29, 0.717) is 0 Å². The first-order chi connectivity index (χ1) is 3.80. The molecule has 42 valence electrons. The summed E-state index contributed by atoms with van der Waals surface area (Å²) in [5, 5.41) is 9.82. The quantitative estimate of drug-likeness (QED) is 0.389. The van der Waals surface area contributed by atoms with E-state index >= 15 is 0 Å². The van der Waals surface area contributed by atoms with Gasteiger partial charge in [0.2, 0.25) is 0 Å². The summed E-state index contributed by atoms with van der Waals surface area (Å²) in [5.74, 6) is 0. The Balaban J connectivity index is 2.93. The second-order valence-electron chi connectivity index (χ2n) is 1.24. The molecule has 0 aliphatic carbocycles. The molecule has 1 rings (SSSR count). The predicted molar refractivity (Wildman–Crippen MR) is 26.5 cm³/mol. The van der Waals surface area contributed by atoms with Gasteiger partial charge in [-0.3, -0.25) is 5.41 Å². The van der Waals surface area contributed by atoms with E-state index in [2.05, 4.69) is 5.10 Å². The van der Waals surface area contributed by atoms with E-state index in [9.17, 15) is 4.39 Å². The molecular weight excluding hydrogens is 109 g/mol. The van der Waals surface area contributed by atoms with Gasteiger partial charge >= 0.3 is 6.09 Å². The van der Waals surface area contributed by atoms with E-state index in [4.69, 9.17) is 5.41 Å². The molecule has 0 amide bonds.